The zero-order valence-corrected chi connectivity index (χ0v) is 12.7. The monoisotopic (exact) mass is 276 g/mol. The zero-order valence-electron chi connectivity index (χ0n) is 12.7. The molecule has 1 aromatic rings. The smallest absolute Gasteiger partial charge is 0.226 e. The summed E-state index contributed by atoms with van der Waals surface area (Å²) in [4.78, 5) is 26.8. The summed E-state index contributed by atoms with van der Waals surface area (Å²) < 4.78 is 0. The van der Waals surface area contributed by atoms with E-state index in [9.17, 15) is 9.59 Å². The molecule has 1 aromatic heterocycles. The van der Waals surface area contributed by atoms with E-state index in [1.165, 1.54) is 12.1 Å². The highest BCUT2D eigenvalue weighted by Gasteiger charge is 2.53. The van der Waals surface area contributed by atoms with Crippen LogP contribution in [-0.2, 0) is 11.3 Å². The third-order valence-corrected chi connectivity index (χ3v) is 5.50. The van der Waals surface area contributed by atoms with Gasteiger partial charge in [-0.25, -0.2) is 0 Å². The summed E-state index contributed by atoms with van der Waals surface area (Å²) in [5.74, 6) is 0.617. The first kappa shape index (κ1) is 14.8. The molecule has 0 radical (unpaired) electrons. The lowest BCUT2D eigenvalue weighted by Crippen LogP contribution is -2.46. The van der Waals surface area contributed by atoms with Crippen LogP contribution in [0.3, 0.4) is 0 Å². The molecule has 1 amide bonds. The minimum absolute atomic E-state index is 0.0127. The summed E-state index contributed by atoms with van der Waals surface area (Å²) in [6.45, 7) is 8.99. The van der Waals surface area contributed by atoms with Crippen LogP contribution in [0.15, 0.2) is 23.1 Å². The highest BCUT2D eigenvalue weighted by molar-refractivity contribution is 5.83. The molecule has 0 aromatic carbocycles. The first-order valence-electron chi connectivity index (χ1n) is 7.23. The number of carbonyl (C=O) groups is 1. The zero-order chi connectivity index (χ0) is 15.0. The van der Waals surface area contributed by atoms with Crippen LogP contribution < -0.4 is 10.7 Å². The standard InChI is InChI=1S/C16H24N2O2/c1-11-5-7-16(4,15(11,2)3)14(20)18-10-12-9-13(19)6-8-17-12/h6,8-9,11H,5,7,10H2,1-4H3,(H,17,19)(H,18,20)/t11-,16-/m0/s1. The summed E-state index contributed by atoms with van der Waals surface area (Å²) in [6.07, 6.45) is 3.60. The van der Waals surface area contributed by atoms with E-state index >= 15 is 0 Å². The minimum Gasteiger partial charge on any atom is -0.363 e. The molecule has 1 heterocycles. The molecule has 110 valence electrons. The molecule has 1 aliphatic rings. The van der Waals surface area contributed by atoms with Crippen molar-refractivity contribution in [2.45, 2.75) is 47.1 Å². The van der Waals surface area contributed by atoms with Crippen molar-refractivity contribution < 1.29 is 4.79 Å². The van der Waals surface area contributed by atoms with Gasteiger partial charge in [-0.15, -0.1) is 0 Å². The summed E-state index contributed by atoms with van der Waals surface area (Å²) >= 11 is 0. The van der Waals surface area contributed by atoms with Gasteiger partial charge < -0.3 is 10.3 Å². The summed E-state index contributed by atoms with van der Waals surface area (Å²) in [5, 5.41) is 2.98. The second-order valence-electron chi connectivity index (χ2n) is 6.73. The van der Waals surface area contributed by atoms with E-state index in [0.29, 0.717) is 12.5 Å². The van der Waals surface area contributed by atoms with Gasteiger partial charge in [0.25, 0.3) is 0 Å². The first-order chi connectivity index (χ1) is 9.27. The molecule has 0 saturated heterocycles. The van der Waals surface area contributed by atoms with Crippen LogP contribution in [-0.4, -0.2) is 10.9 Å². The van der Waals surface area contributed by atoms with Crippen molar-refractivity contribution in [3.8, 4) is 0 Å². The maximum atomic E-state index is 12.6. The average Bonchev–Trinajstić information content (AvgIpc) is 2.60. The van der Waals surface area contributed by atoms with Gasteiger partial charge in [0.05, 0.1) is 12.0 Å². The fraction of sp³-hybridized carbons (Fsp3) is 0.625. The Balaban J connectivity index is 2.07. The van der Waals surface area contributed by atoms with Gasteiger partial charge in [-0.05, 0) is 24.2 Å². The lowest BCUT2D eigenvalue weighted by Gasteiger charge is -2.39. The third kappa shape index (κ3) is 2.39. The van der Waals surface area contributed by atoms with Gasteiger partial charge in [-0.2, -0.15) is 0 Å². The molecule has 0 spiro atoms. The molecule has 0 aliphatic heterocycles. The Hall–Kier alpha value is -1.58. The topological polar surface area (TPSA) is 62.0 Å². The summed E-state index contributed by atoms with van der Waals surface area (Å²) in [5.41, 5.74) is 0.329. The highest BCUT2D eigenvalue weighted by Crippen LogP contribution is 2.55. The van der Waals surface area contributed by atoms with E-state index < -0.39 is 0 Å². The van der Waals surface area contributed by atoms with Crippen LogP contribution in [0.5, 0.6) is 0 Å². The van der Waals surface area contributed by atoms with E-state index in [4.69, 9.17) is 0 Å². The number of amides is 1. The number of rotatable bonds is 3. The van der Waals surface area contributed by atoms with Crippen LogP contribution in [0.1, 0.15) is 46.2 Å². The minimum atomic E-state index is -0.346. The molecular weight excluding hydrogens is 252 g/mol. The average molecular weight is 276 g/mol. The van der Waals surface area contributed by atoms with Gasteiger partial charge in [0.2, 0.25) is 5.91 Å². The van der Waals surface area contributed by atoms with E-state index in [-0.39, 0.29) is 22.2 Å². The van der Waals surface area contributed by atoms with Crippen molar-refractivity contribution in [3.63, 3.8) is 0 Å². The molecule has 0 bridgehead atoms. The fourth-order valence-electron chi connectivity index (χ4n) is 3.10. The van der Waals surface area contributed by atoms with Crippen LogP contribution in [0, 0.1) is 16.7 Å². The Kier molecular flexibility index (Phi) is 3.76. The lowest BCUT2D eigenvalue weighted by atomic mass is 9.65. The summed E-state index contributed by atoms with van der Waals surface area (Å²) in [7, 11) is 0. The number of hydrogen-bond donors (Lipinski definition) is 2. The van der Waals surface area contributed by atoms with Crippen molar-refractivity contribution in [1.82, 2.24) is 10.3 Å². The van der Waals surface area contributed by atoms with Crippen LogP contribution in [0.2, 0.25) is 0 Å². The van der Waals surface area contributed by atoms with Crippen molar-refractivity contribution in [2.75, 3.05) is 0 Å². The van der Waals surface area contributed by atoms with Gasteiger partial charge >= 0.3 is 0 Å². The van der Waals surface area contributed by atoms with Gasteiger partial charge in [0.1, 0.15) is 0 Å². The number of carbonyl (C=O) groups excluding carboxylic acids is 1. The molecule has 0 unspecified atom stereocenters. The Bertz CT molecular complexity index is 562. The Morgan fingerprint density at radius 3 is 2.70 bits per heavy atom. The predicted molar refractivity (Wildman–Crippen MR) is 79.2 cm³/mol. The maximum absolute atomic E-state index is 12.6. The number of aromatic nitrogens is 1. The first-order valence-corrected chi connectivity index (χ1v) is 7.23. The maximum Gasteiger partial charge on any atom is 0.226 e. The Morgan fingerprint density at radius 1 is 1.45 bits per heavy atom. The number of pyridine rings is 1. The molecule has 20 heavy (non-hydrogen) atoms. The van der Waals surface area contributed by atoms with Gasteiger partial charge in [0.15, 0.2) is 5.43 Å². The fourth-order valence-corrected chi connectivity index (χ4v) is 3.10. The normalized spacial score (nSPS) is 28.3. The lowest BCUT2D eigenvalue weighted by molar-refractivity contribution is -0.136. The Morgan fingerprint density at radius 2 is 2.15 bits per heavy atom. The van der Waals surface area contributed by atoms with Crippen molar-refractivity contribution in [1.29, 1.82) is 0 Å². The number of H-pyrrole nitrogens is 1. The molecule has 2 rings (SSSR count). The van der Waals surface area contributed by atoms with E-state index in [2.05, 4.69) is 38.0 Å². The van der Waals surface area contributed by atoms with Gasteiger partial charge in [0, 0.05) is 24.0 Å². The predicted octanol–water partition coefficient (Wildman–Crippen LogP) is 2.45. The third-order valence-electron chi connectivity index (χ3n) is 5.50. The number of aromatic amines is 1. The molecule has 4 nitrogen and oxygen atoms in total. The second kappa shape index (κ2) is 5.08. The van der Waals surface area contributed by atoms with Crippen LogP contribution in [0.25, 0.3) is 0 Å². The van der Waals surface area contributed by atoms with Gasteiger partial charge in [-0.3, -0.25) is 9.59 Å². The second-order valence-corrected chi connectivity index (χ2v) is 6.73. The van der Waals surface area contributed by atoms with Crippen molar-refractivity contribution in [3.05, 3.63) is 34.2 Å². The van der Waals surface area contributed by atoms with E-state index in [0.717, 1.165) is 18.5 Å². The van der Waals surface area contributed by atoms with Crippen LogP contribution in [0.4, 0.5) is 0 Å². The van der Waals surface area contributed by atoms with Crippen molar-refractivity contribution >= 4 is 5.91 Å². The molecular formula is C16H24N2O2. The molecule has 4 heteroatoms. The molecule has 1 saturated carbocycles. The molecule has 1 fully saturated rings. The van der Waals surface area contributed by atoms with Crippen LogP contribution >= 0.6 is 0 Å². The van der Waals surface area contributed by atoms with Gasteiger partial charge in [-0.1, -0.05) is 27.7 Å². The molecule has 2 N–H and O–H groups in total. The number of hydrogen-bond acceptors (Lipinski definition) is 2. The largest absolute Gasteiger partial charge is 0.363 e. The molecule has 2 atom stereocenters. The number of nitrogens with one attached hydrogen (secondary N) is 2. The van der Waals surface area contributed by atoms with Crippen molar-refractivity contribution in [2.24, 2.45) is 16.7 Å². The summed E-state index contributed by atoms with van der Waals surface area (Å²) in [6, 6.07) is 2.99. The highest BCUT2D eigenvalue weighted by atomic mass is 16.2. The van der Waals surface area contributed by atoms with E-state index in [1.54, 1.807) is 6.20 Å². The van der Waals surface area contributed by atoms with E-state index in [1.807, 2.05) is 0 Å². The molecule has 1 aliphatic carbocycles. The Labute approximate surface area is 120 Å². The quantitative estimate of drug-likeness (QED) is 0.890. The SMILES string of the molecule is C[C@H]1CC[C@@](C)(C(=O)NCc2cc(=O)cc[nH]2)C1(C)C.